The van der Waals surface area contributed by atoms with Crippen LogP contribution in [0.4, 0.5) is 17.6 Å². The Balaban J connectivity index is 3.23. The van der Waals surface area contributed by atoms with Gasteiger partial charge in [0.15, 0.2) is 5.60 Å². The highest BCUT2D eigenvalue weighted by Gasteiger charge is 2.36. The Morgan fingerprint density at radius 1 is 1.10 bits per heavy atom. The number of carbonyl (C=O) groups is 2. The van der Waals surface area contributed by atoms with Crippen molar-refractivity contribution in [3.8, 4) is 0 Å². The monoisotopic (exact) mass is 292 g/mol. The SMILES string of the molecule is CC(=O)OC(C)(C)C(=O)c1cc(F)cc(C(F)(F)F)c1. The number of halogens is 4. The van der Waals surface area contributed by atoms with Crippen molar-refractivity contribution in [1.82, 2.24) is 0 Å². The topological polar surface area (TPSA) is 43.4 Å². The Hall–Kier alpha value is -1.92. The molecule has 0 unspecified atom stereocenters. The summed E-state index contributed by atoms with van der Waals surface area (Å²) in [6.07, 6.45) is -4.78. The lowest BCUT2D eigenvalue weighted by molar-refractivity contribution is -0.149. The minimum absolute atomic E-state index is 0.287. The second-order valence-corrected chi connectivity index (χ2v) is 4.66. The maximum Gasteiger partial charge on any atom is 0.416 e. The summed E-state index contributed by atoms with van der Waals surface area (Å²) in [4.78, 5) is 22.9. The van der Waals surface area contributed by atoms with Crippen molar-refractivity contribution in [3.63, 3.8) is 0 Å². The highest BCUT2D eigenvalue weighted by molar-refractivity contribution is 6.03. The number of hydrogen-bond acceptors (Lipinski definition) is 3. The molecule has 0 bridgehead atoms. The molecule has 1 rings (SSSR count). The Labute approximate surface area is 112 Å². The van der Waals surface area contributed by atoms with Gasteiger partial charge in [-0.05, 0) is 32.0 Å². The van der Waals surface area contributed by atoms with Crippen molar-refractivity contribution >= 4 is 11.8 Å². The zero-order chi connectivity index (χ0) is 15.7. The summed E-state index contributed by atoms with van der Waals surface area (Å²) in [5, 5.41) is 0. The zero-order valence-corrected chi connectivity index (χ0v) is 11.0. The van der Waals surface area contributed by atoms with Gasteiger partial charge in [0.25, 0.3) is 0 Å². The Kier molecular flexibility index (Phi) is 4.21. The van der Waals surface area contributed by atoms with Gasteiger partial charge in [0.2, 0.25) is 5.78 Å². The lowest BCUT2D eigenvalue weighted by Gasteiger charge is -2.23. The third-order valence-electron chi connectivity index (χ3n) is 2.43. The molecule has 0 aliphatic heterocycles. The molecule has 0 saturated heterocycles. The molecule has 3 nitrogen and oxygen atoms in total. The molecule has 7 heteroatoms. The summed E-state index contributed by atoms with van der Waals surface area (Å²) in [5.41, 5.74) is -3.47. The van der Waals surface area contributed by atoms with Crippen molar-refractivity contribution in [3.05, 3.63) is 35.1 Å². The summed E-state index contributed by atoms with van der Waals surface area (Å²) in [5.74, 6) is -2.88. The van der Waals surface area contributed by atoms with Crippen LogP contribution in [0.15, 0.2) is 18.2 Å². The van der Waals surface area contributed by atoms with Crippen LogP contribution in [0.1, 0.15) is 36.7 Å². The van der Waals surface area contributed by atoms with Crippen LogP contribution in [0, 0.1) is 5.82 Å². The van der Waals surface area contributed by atoms with Gasteiger partial charge in [-0.25, -0.2) is 4.39 Å². The first kappa shape index (κ1) is 16.1. The van der Waals surface area contributed by atoms with E-state index in [1.165, 1.54) is 13.8 Å². The van der Waals surface area contributed by atoms with E-state index in [1.807, 2.05) is 0 Å². The highest BCUT2D eigenvalue weighted by Crippen LogP contribution is 2.31. The molecule has 0 aromatic heterocycles. The molecule has 0 aliphatic carbocycles. The summed E-state index contributed by atoms with van der Waals surface area (Å²) in [7, 11) is 0. The van der Waals surface area contributed by atoms with Crippen molar-refractivity contribution in [2.45, 2.75) is 32.5 Å². The van der Waals surface area contributed by atoms with Crippen LogP contribution in [0.3, 0.4) is 0 Å². The van der Waals surface area contributed by atoms with Crippen molar-refractivity contribution in [1.29, 1.82) is 0 Å². The predicted molar refractivity (Wildman–Crippen MR) is 61.6 cm³/mol. The summed E-state index contributed by atoms with van der Waals surface area (Å²) < 4.78 is 55.6. The van der Waals surface area contributed by atoms with Crippen LogP contribution in [0.25, 0.3) is 0 Å². The molecule has 0 spiro atoms. The van der Waals surface area contributed by atoms with Crippen LogP contribution >= 0.6 is 0 Å². The van der Waals surface area contributed by atoms with Crippen molar-refractivity contribution in [2.24, 2.45) is 0 Å². The number of ether oxygens (including phenoxy) is 1. The van der Waals surface area contributed by atoms with Crippen LogP contribution in [0.2, 0.25) is 0 Å². The van der Waals surface area contributed by atoms with Crippen LogP contribution in [0.5, 0.6) is 0 Å². The van der Waals surface area contributed by atoms with E-state index in [1.54, 1.807) is 0 Å². The van der Waals surface area contributed by atoms with Gasteiger partial charge in [-0.1, -0.05) is 0 Å². The van der Waals surface area contributed by atoms with Crippen LogP contribution in [-0.2, 0) is 15.7 Å². The Morgan fingerprint density at radius 3 is 2.10 bits per heavy atom. The van der Waals surface area contributed by atoms with E-state index in [0.717, 1.165) is 6.92 Å². The number of carbonyl (C=O) groups excluding carboxylic acids is 2. The van der Waals surface area contributed by atoms with Crippen molar-refractivity contribution < 1.29 is 31.9 Å². The molecule has 20 heavy (non-hydrogen) atoms. The number of hydrogen-bond donors (Lipinski definition) is 0. The van der Waals surface area contributed by atoms with E-state index >= 15 is 0 Å². The zero-order valence-electron chi connectivity index (χ0n) is 11.0. The smallest absolute Gasteiger partial charge is 0.416 e. The van der Waals surface area contributed by atoms with E-state index in [2.05, 4.69) is 0 Å². The maximum atomic E-state index is 13.2. The van der Waals surface area contributed by atoms with E-state index < -0.39 is 40.5 Å². The van der Waals surface area contributed by atoms with Gasteiger partial charge in [0, 0.05) is 12.5 Å². The summed E-state index contributed by atoms with van der Waals surface area (Å²) in [6, 6.07) is 1.48. The first-order valence-corrected chi connectivity index (χ1v) is 5.55. The van der Waals surface area contributed by atoms with Crippen LogP contribution < -0.4 is 0 Å². The van der Waals surface area contributed by atoms with Gasteiger partial charge < -0.3 is 4.74 Å². The lowest BCUT2D eigenvalue weighted by Crippen LogP contribution is -2.36. The average molecular weight is 292 g/mol. The molecule has 0 radical (unpaired) electrons. The van der Waals surface area contributed by atoms with E-state index in [4.69, 9.17) is 4.74 Å². The van der Waals surface area contributed by atoms with E-state index in [0.29, 0.717) is 12.1 Å². The molecule has 0 aliphatic rings. The van der Waals surface area contributed by atoms with E-state index in [9.17, 15) is 27.2 Å². The first-order valence-electron chi connectivity index (χ1n) is 5.55. The Morgan fingerprint density at radius 2 is 1.65 bits per heavy atom. The second-order valence-electron chi connectivity index (χ2n) is 4.66. The number of benzene rings is 1. The van der Waals surface area contributed by atoms with Gasteiger partial charge in [0.05, 0.1) is 5.56 Å². The predicted octanol–water partition coefficient (Wildman–Crippen LogP) is 3.37. The van der Waals surface area contributed by atoms with Gasteiger partial charge in [0.1, 0.15) is 5.82 Å². The number of alkyl halides is 3. The molecule has 0 N–H and O–H groups in total. The van der Waals surface area contributed by atoms with Gasteiger partial charge in [-0.2, -0.15) is 13.2 Å². The number of ketones is 1. The first-order chi connectivity index (χ1) is 8.93. The highest BCUT2D eigenvalue weighted by atomic mass is 19.4. The molecule has 0 fully saturated rings. The molecule has 0 heterocycles. The average Bonchev–Trinajstić information content (AvgIpc) is 2.24. The van der Waals surface area contributed by atoms with Gasteiger partial charge in [-0.15, -0.1) is 0 Å². The molecular formula is C13H12F4O3. The summed E-state index contributed by atoms with van der Waals surface area (Å²) in [6.45, 7) is 3.49. The maximum absolute atomic E-state index is 13.2. The third-order valence-corrected chi connectivity index (χ3v) is 2.43. The number of esters is 1. The van der Waals surface area contributed by atoms with Gasteiger partial charge >= 0.3 is 12.1 Å². The number of Topliss-reactive ketones (excluding diaryl/α,β-unsaturated/α-hetero) is 1. The fraction of sp³-hybridized carbons (Fsp3) is 0.385. The molecular weight excluding hydrogens is 280 g/mol. The molecule has 0 saturated carbocycles. The van der Waals surface area contributed by atoms with Crippen molar-refractivity contribution in [2.75, 3.05) is 0 Å². The lowest BCUT2D eigenvalue weighted by atomic mass is 9.95. The molecule has 110 valence electrons. The third kappa shape index (κ3) is 3.79. The van der Waals surface area contributed by atoms with Gasteiger partial charge in [-0.3, -0.25) is 9.59 Å². The largest absolute Gasteiger partial charge is 0.451 e. The standard InChI is InChI=1S/C13H12F4O3/c1-7(18)20-12(2,3)11(19)8-4-9(13(15,16)17)6-10(14)5-8/h4-6H,1-3H3. The fourth-order valence-electron chi connectivity index (χ4n) is 1.64. The number of rotatable bonds is 3. The van der Waals surface area contributed by atoms with Crippen LogP contribution in [-0.4, -0.2) is 17.4 Å². The normalized spacial score (nSPS) is 12.2. The minimum atomic E-state index is -4.78. The minimum Gasteiger partial charge on any atom is -0.451 e. The molecule has 1 aromatic rings. The Bertz CT molecular complexity index is 547. The molecule has 0 amide bonds. The fourth-order valence-corrected chi connectivity index (χ4v) is 1.64. The second kappa shape index (κ2) is 5.22. The summed E-state index contributed by atoms with van der Waals surface area (Å²) >= 11 is 0. The molecule has 0 atom stereocenters. The molecule has 1 aromatic carbocycles. The quantitative estimate of drug-likeness (QED) is 0.487. The van der Waals surface area contributed by atoms with E-state index in [-0.39, 0.29) is 6.07 Å².